The molecule has 7 nitrogen and oxygen atoms in total. The molecule has 1 fully saturated rings. The van der Waals surface area contributed by atoms with Gasteiger partial charge in [0.15, 0.2) is 0 Å². The van der Waals surface area contributed by atoms with Gasteiger partial charge >= 0.3 is 5.97 Å². The normalized spacial score (nSPS) is 16.4. The molecule has 0 aromatic rings. The first-order chi connectivity index (χ1) is 8.68. The van der Waals surface area contributed by atoms with E-state index in [0.717, 1.165) is 39.1 Å². The number of nitrogens with zero attached hydrogens (tertiary/aromatic N) is 1. The largest absolute Gasteiger partial charge is 0.480 e. The summed E-state index contributed by atoms with van der Waals surface area (Å²) in [6, 6.07) is 0. The molecule has 0 aromatic carbocycles. The third kappa shape index (κ3) is 7.21. The van der Waals surface area contributed by atoms with Crippen molar-refractivity contribution >= 4 is 11.9 Å². The van der Waals surface area contributed by atoms with Crippen molar-refractivity contribution in [2.75, 3.05) is 52.5 Å². The molecule has 1 heterocycles. The molecule has 0 unspecified atom stereocenters. The Labute approximate surface area is 106 Å². The van der Waals surface area contributed by atoms with Crippen molar-refractivity contribution in [1.82, 2.24) is 15.5 Å². The molecule has 7 heteroatoms. The van der Waals surface area contributed by atoms with Crippen LogP contribution in [0.1, 0.15) is 6.42 Å². The summed E-state index contributed by atoms with van der Waals surface area (Å²) in [6.07, 6.45) is 0.894. The zero-order valence-electron chi connectivity index (χ0n) is 10.5. The van der Waals surface area contributed by atoms with Gasteiger partial charge in [0.2, 0.25) is 5.91 Å². The standard InChI is InChI=1S/C11H21N3O4/c15-10(8-18-9-11(16)17)13-2-1-5-14-6-3-12-4-7-14/h12H,1-9H2,(H,13,15)(H,16,17). The van der Waals surface area contributed by atoms with Gasteiger partial charge in [-0.15, -0.1) is 0 Å². The van der Waals surface area contributed by atoms with Crippen molar-refractivity contribution < 1.29 is 19.4 Å². The van der Waals surface area contributed by atoms with Gasteiger partial charge in [0.1, 0.15) is 13.2 Å². The molecule has 0 atom stereocenters. The van der Waals surface area contributed by atoms with Crippen LogP contribution in [0.5, 0.6) is 0 Å². The van der Waals surface area contributed by atoms with E-state index >= 15 is 0 Å². The Hall–Kier alpha value is -1.18. The average molecular weight is 259 g/mol. The van der Waals surface area contributed by atoms with Crippen LogP contribution in [-0.4, -0.2) is 74.4 Å². The molecule has 1 amide bonds. The van der Waals surface area contributed by atoms with E-state index in [2.05, 4.69) is 20.3 Å². The smallest absolute Gasteiger partial charge is 0.329 e. The monoisotopic (exact) mass is 259 g/mol. The maximum atomic E-state index is 11.2. The van der Waals surface area contributed by atoms with Crippen LogP contribution in [0.3, 0.4) is 0 Å². The Bertz CT molecular complexity index is 267. The highest BCUT2D eigenvalue weighted by Gasteiger charge is 2.08. The third-order valence-electron chi connectivity index (χ3n) is 2.64. The molecule has 0 aliphatic carbocycles. The van der Waals surface area contributed by atoms with Gasteiger partial charge < -0.3 is 25.4 Å². The number of carbonyl (C=O) groups excluding carboxylic acids is 1. The number of hydrogen-bond acceptors (Lipinski definition) is 5. The molecule has 1 aliphatic heterocycles. The van der Waals surface area contributed by atoms with E-state index < -0.39 is 12.6 Å². The number of rotatable bonds is 8. The highest BCUT2D eigenvalue weighted by molar-refractivity contribution is 5.77. The van der Waals surface area contributed by atoms with Crippen molar-refractivity contribution in [3.8, 4) is 0 Å². The second-order valence-corrected chi connectivity index (χ2v) is 4.18. The lowest BCUT2D eigenvalue weighted by atomic mass is 10.3. The number of carbonyl (C=O) groups is 2. The minimum absolute atomic E-state index is 0.195. The lowest BCUT2D eigenvalue weighted by molar-refractivity contribution is -0.143. The summed E-state index contributed by atoms with van der Waals surface area (Å²) in [7, 11) is 0. The summed E-state index contributed by atoms with van der Waals surface area (Å²) in [4.78, 5) is 23.7. The quantitative estimate of drug-likeness (QED) is 0.460. The number of amides is 1. The van der Waals surface area contributed by atoms with E-state index in [4.69, 9.17) is 5.11 Å². The predicted octanol–water partition coefficient (Wildman–Crippen LogP) is -1.50. The van der Waals surface area contributed by atoms with Gasteiger partial charge in [0, 0.05) is 32.7 Å². The van der Waals surface area contributed by atoms with Crippen LogP contribution in [0.2, 0.25) is 0 Å². The summed E-state index contributed by atoms with van der Waals surface area (Å²) in [5.74, 6) is -1.34. The molecular weight excluding hydrogens is 238 g/mol. The van der Waals surface area contributed by atoms with Gasteiger partial charge in [-0.3, -0.25) is 4.79 Å². The molecule has 0 saturated carbocycles. The fourth-order valence-corrected chi connectivity index (χ4v) is 1.75. The number of hydrogen-bond donors (Lipinski definition) is 3. The number of nitrogens with one attached hydrogen (secondary N) is 2. The second kappa shape index (κ2) is 8.84. The minimum atomic E-state index is -1.07. The summed E-state index contributed by atoms with van der Waals surface area (Å²) in [5, 5.41) is 14.3. The molecule has 1 aliphatic rings. The summed E-state index contributed by atoms with van der Waals surface area (Å²) < 4.78 is 4.67. The first kappa shape index (κ1) is 14.9. The highest BCUT2D eigenvalue weighted by Crippen LogP contribution is 1.93. The van der Waals surface area contributed by atoms with E-state index in [1.165, 1.54) is 0 Å². The fourth-order valence-electron chi connectivity index (χ4n) is 1.75. The van der Waals surface area contributed by atoms with Crippen molar-refractivity contribution in [3.63, 3.8) is 0 Å². The maximum Gasteiger partial charge on any atom is 0.329 e. The number of aliphatic carboxylic acids is 1. The molecule has 0 bridgehead atoms. The third-order valence-corrected chi connectivity index (χ3v) is 2.64. The van der Waals surface area contributed by atoms with Gasteiger partial charge in [0.05, 0.1) is 0 Å². The Morgan fingerprint density at radius 3 is 2.67 bits per heavy atom. The van der Waals surface area contributed by atoms with E-state index in [0.29, 0.717) is 6.54 Å². The molecule has 0 aromatic heterocycles. The fraction of sp³-hybridized carbons (Fsp3) is 0.818. The van der Waals surface area contributed by atoms with Gasteiger partial charge in [-0.25, -0.2) is 4.79 Å². The molecule has 104 valence electrons. The van der Waals surface area contributed by atoms with E-state index in [1.807, 2.05) is 0 Å². The number of piperazine rings is 1. The Kier molecular flexibility index (Phi) is 7.31. The van der Waals surface area contributed by atoms with Crippen LogP contribution >= 0.6 is 0 Å². The Morgan fingerprint density at radius 2 is 2.00 bits per heavy atom. The van der Waals surface area contributed by atoms with E-state index in [9.17, 15) is 9.59 Å². The minimum Gasteiger partial charge on any atom is -0.480 e. The van der Waals surface area contributed by atoms with Crippen molar-refractivity contribution in [2.45, 2.75) is 6.42 Å². The predicted molar refractivity (Wildman–Crippen MR) is 65.4 cm³/mol. The van der Waals surface area contributed by atoms with Gasteiger partial charge in [-0.1, -0.05) is 0 Å². The zero-order chi connectivity index (χ0) is 13.2. The summed E-state index contributed by atoms with van der Waals surface area (Å²) in [6.45, 7) is 5.08. The van der Waals surface area contributed by atoms with Crippen LogP contribution in [-0.2, 0) is 14.3 Å². The lowest BCUT2D eigenvalue weighted by Crippen LogP contribution is -2.44. The van der Waals surface area contributed by atoms with Gasteiger partial charge in [-0.2, -0.15) is 0 Å². The SMILES string of the molecule is O=C(O)COCC(=O)NCCCN1CCNCC1. The molecule has 1 rings (SSSR count). The molecule has 3 N–H and O–H groups in total. The Balaban J connectivity index is 1.93. The van der Waals surface area contributed by atoms with Gasteiger partial charge in [-0.05, 0) is 13.0 Å². The number of ether oxygens (including phenoxy) is 1. The van der Waals surface area contributed by atoms with E-state index in [-0.39, 0.29) is 12.5 Å². The summed E-state index contributed by atoms with van der Waals surface area (Å²) >= 11 is 0. The number of carboxylic acids is 1. The molecule has 1 saturated heterocycles. The lowest BCUT2D eigenvalue weighted by Gasteiger charge is -2.27. The van der Waals surface area contributed by atoms with Crippen LogP contribution in [0, 0.1) is 0 Å². The van der Waals surface area contributed by atoms with Crippen LogP contribution < -0.4 is 10.6 Å². The molecule has 0 spiro atoms. The highest BCUT2D eigenvalue weighted by atomic mass is 16.5. The zero-order valence-corrected chi connectivity index (χ0v) is 10.5. The van der Waals surface area contributed by atoms with Crippen molar-refractivity contribution in [3.05, 3.63) is 0 Å². The topological polar surface area (TPSA) is 90.9 Å². The first-order valence-electron chi connectivity index (χ1n) is 6.18. The summed E-state index contributed by atoms with van der Waals surface area (Å²) in [5.41, 5.74) is 0. The maximum absolute atomic E-state index is 11.2. The molecule has 18 heavy (non-hydrogen) atoms. The van der Waals surface area contributed by atoms with Crippen molar-refractivity contribution in [2.24, 2.45) is 0 Å². The van der Waals surface area contributed by atoms with E-state index in [1.54, 1.807) is 0 Å². The molecular formula is C11H21N3O4. The van der Waals surface area contributed by atoms with Crippen LogP contribution in [0.25, 0.3) is 0 Å². The second-order valence-electron chi connectivity index (χ2n) is 4.18. The first-order valence-corrected chi connectivity index (χ1v) is 6.18. The van der Waals surface area contributed by atoms with Crippen LogP contribution in [0.15, 0.2) is 0 Å². The Morgan fingerprint density at radius 1 is 1.28 bits per heavy atom. The van der Waals surface area contributed by atoms with Crippen molar-refractivity contribution in [1.29, 1.82) is 0 Å². The van der Waals surface area contributed by atoms with Crippen LogP contribution in [0.4, 0.5) is 0 Å². The van der Waals surface area contributed by atoms with Gasteiger partial charge in [0.25, 0.3) is 0 Å². The molecule has 0 radical (unpaired) electrons. The number of carboxylic acid groups (broad SMARTS) is 1. The average Bonchev–Trinajstić information content (AvgIpc) is 2.35.